The van der Waals surface area contributed by atoms with Gasteiger partial charge in [0, 0.05) is 6.42 Å². The molecule has 4 amide bonds. The summed E-state index contributed by atoms with van der Waals surface area (Å²) in [6, 6.07) is -4.06. The van der Waals surface area contributed by atoms with Gasteiger partial charge in [0.2, 0.25) is 23.6 Å². The van der Waals surface area contributed by atoms with Gasteiger partial charge in [-0.3, -0.25) is 24.0 Å². The molecule has 4 atom stereocenters. The van der Waals surface area contributed by atoms with E-state index in [0.717, 1.165) is 0 Å². The van der Waals surface area contributed by atoms with Crippen molar-refractivity contribution >= 4 is 35.6 Å². The van der Waals surface area contributed by atoms with Crippen molar-refractivity contribution in [2.75, 3.05) is 6.54 Å². The van der Waals surface area contributed by atoms with Gasteiger partial charge in [0.15, 0.2) is 0 Å². The van der Waals surface area contributed by atoms with Gasteiger partial charge in [0.25, 0.3) is 0 Å². The molecule has 0 aliphatic rings. The Bertz CT molecular complexity index is 669. The average molecular weight is 431 g/mol. The number of nitrogens with two attached hydrogens (primary N) is 2. The van der Waals surface area contributed by atoms with Crippen LogP contribution in [0, 0.1) is 5.92 Å². The van der Waals surface area contributed by atoms with Gasteiger partial charge in [-0.25, -0.2) is 4.79 Å². The van der Waals surface area contributed by atoms with E-state index in [1.807, 2.05) is 0 Å². The monoisotopic (exact) mass is 431 g/mol. The third-order valence-electron chi connectivity index (χ3n) is 4.30. The first-order valence-corrected chi connectivity index (χ1v) is 9.25. The van der Waals surface area contributed by atoms with Gasteiger partial charge in [-0.15, -0.1) is 0 Å². The third kappa shape index (κ3) is 9.82. The summed E-state index contributed by atoms with van der Waals surface area (Å²) < 4.78 is 0. The van der Waals surface area contributed by atoms with Gasteiger partial charge in [-0.1, -0.05) is 20.3 Å². The SMILES string of the molecule is CCC(C)C(NC(=O)C(CCC(=O)O)NC(=O)CN)C(=O)NC(CC(N)=O)C(=O)O. The van der Waals surface area contributed by atoms with Crippen LogP contribution in [0.3, 0.4) is 0 Å². The van der Waals surface area contributed by atoms with Crippen LogP contribution in [0.4, 0.5) is 0 Å². The topological polar surface area (TPSA) is 231 Å². The predicted molar refractivity (Wildman–Crippen MR) is 103 cm³/mol. The molecule has 0 aliphatic heterocycles. The van der Waals surface area contributed by atoms with E-state index < -0.39 is 79.0 Å². The zero-order chi connectivity index (χ0) is 23.4. The quantitative estimate of drug-likeness (QED) is 0.151. The maximum Gasteiger partial charge on any atom is 0.326 e. The number of carbonyl (C=O) groups excluding carboxylic acids is 4. The molecule has 0 spiro atoms. The fourth-order valence-electron chi connectivity index (χ4n) is 2.41. The number of carboxylic acids is 2. The fourth-order valence-corrected chi connectivity index (χ4v) is 2.41. The summed E-state index contributed by atoms with van der Waals surface area (Å²) in [7, 11) is 0. The first-order valence-electron chi connectivity index (χ1n) is 9.25. The Labute approximate surface area is 172 Å². The second-order valence-electron chi connectivity index (χ2n) is 6.70. The van der Waals surface area contributed by atoms with E-state index in [0.29, 0.717) is 6.42 Å². The van der Waals surface area contributed by atoms with Crippen LogP contribution in [0.25, 0.3) is 0 Å². The summed E-state index contributed by atoms with van der Waals surface area (Å²) >= 11 is 0. The van der Waals surface area contributed by atoms with Crippen molar-refractivity contribution in [3.63, 3.8) is 0 Å². The van der Waals surface area contributed by atoms with E-state index in [-0.39, 0.29) is 6.42 Å². The minimum Gasteiger partial charge on any atom is -0.481 e. The molecule has 0 aromatic heterocycles. The first-order chi connectivity index (χ1) is 13.9. The van der Waals surface area contributed by atoms with Crippen molar-refractivity contribution in [1.82, 2.24) is 16.0 Å². The Hall–Kier alpha value is -3.22. The van der Waals surface area contributed by atoms with E-state index in [1.54, 1.807) is 13.8 Å². The van der Waals surface area contributed by atoms with Gasteiger partial charge in [0.05, 0.1) is 13.0 Å². The van der Waals surface area contributed by atoms with Crippen molar-refractivity contribution in [2.45, 2.75) is 57.7 Å². The molecule has 13 heteroatoms. The average Bonchev–Trinajstić information content (AvgIpc) is 2.66. The molecule has 0 aliphatic carbocycles. The highest BCUT2D eigenvalue weighted by molar-refractivity contribution is 5.94. The lowest BCUT2D eigenvalue weighted by atomic mass is 9.97. The molecule has 170 valence electrons. The third-order valence-corrected chi connectivity index (χ3v) is 4.30. The Balaban J connectivity index is 5.47. The second kappa shape index (κ2) is 13.1. The molecular formula is C17H29N5O8. The molecule has 13 nitrogen and oxygen atoms in total. The molecule has 0 radical (unpaired) electrons. The van der Waals surface area contributed by atoms with E-state index >= 15 is 0 Å². The normalized spacial score (nSPS) is 14.5. The summed E-state index contributed by atoms with van der Waals surface area (Å²) in [6.45, 7) is 2.92. The van der Waals surface area contributed by atoms with Crippen LogP contribution in [-0.4, -0.2) is 70.5 Å². The van der Waals surface area contributed by atoms with E-state index in [2.05, 4.69) is 16.0 Å². The predicted octanol–water partition coefficient (Wildman–Crippen LogP) is -2.73. The van der Waals surface area contributed by atoms with E-state index in [1.165, 1.54) is 0 Å². The van der Waals surface area contributed by atoms with Crippen LogP contribution >= 0.6 is 0 Å². The number of aliphatic carboxylic acids is 2. The molecule has 0 saturated carbocycles. The summed E-state index contributed by atoms with van der Waals surface area (Å²) in [5, 5.41) is 24.8. The van der Waals surface area contributed by atoms with Crippen LogP contribution in [0.15, 0.2) is 0 Å². The highest BCUT2D eigenvalue weighted by atomic mass is 16.4. The maximum absolute atomic E-state index is 12.6. The van der Waals surface area contributed by atoms with Crippen LogP contribution < -0.4 is 27.4 Å². The minimum absolute atomic E-state index is 0.249. The van der Waals surface area contributed by atoms with Gasteiger partial charge in [0.1, 0.15) is 18.1 Å². The molecule has 0 aromatic carbocycles. The number of hydrogen-bond acceptors (Lipinski definition) is 7. The molecule has 0 aromatic rings. The highest BCUT2D eigenvalue weighted by Gasteiger charge is 2.32. The fraction of sp³-hybridized carbons (Fsp3) is 0.647. The molecule has 4 unspecified atom stereocenters. The Kier molecular flexibility index (Phi) is 11.7. The largest absolute Gasteiger partial charge is 0.481 e. The molecule has 0 bridgehead atoms. The molecule has 9 N–H and O–H groups in total. The lowest BCUT2D eigenvalue weighted by Gasteiger charge is -2.27. The van der Waals surface area contributed by atoms with Gasteiger partial charge in [-0.2, -0.15) is 0 Å². The number of carboxylic acid groups (broad SMARTS) is 2. The standard InChI is InChI=1S/C17H29N5O8/c1-3-8(2)14(16(28)21-10(17(29)30)6-11(19)23)22-15(27)9(4-5-13(25)26)20-12(24)7-18/h8-10,14H,3-7,18H2,1-2H3,(H2,19,23)(H,20,24)(H,21,28)(H,22,27)(H,25,26)(H,29,30). The number of rotatable bonds is 14. The van der Waals surface area contributed by atoms with Crippen LogP contribution in [-0.2, 0) is 28.8 Å². The molecule has 30 heavy (non-hydrogen) atoms. The first kappa shape index (κ1) is 26.8. The summed E-state index contributed by atoms with van der Waals surface area (Å²) in [5.74, 6) is -6.47. The zero-order valence-electron chi connectivity index (χ0n) is 16.8. The zero-order valence-corrected chi connectivity index (χ0v) is 16.8. The Morgan fingerprint density at radius 3 is 1.97 bits per heavy atom. The van der Waals surface area contributed by atoms with Crippen LogP contribution in [0.5, 0.6) is 0 Å². The Morgan fingerprint density at radius 2 is 1.53 bits per heavy atom. The number of primary amides is 1. The minimum atomic E-state index is -1.58. The Morgan fingerprint density at radius 1 is 0.933 bits per heavy atom. The van der Waals surface area contributed by atoms with Gasteiger partial charge < -0.3 is 37.6 Å². The van der Waals surface area contributed by atoms with Crippen LogP contribution in [0.1, 0.15) is 39.5 Å². The summed E-state index contributed by atoms with van der Waals surface area (Å²) in [6.07, 6.45) is -0.902. The molecular weight excluding hydrogens is 402 g/mol. The van der Waals surface area contributed by atoms with Crippen molar-refractivity contribution in [3.8, 4) is 0 Å². The number of nitrogens with one attached hydrogen (secondary N) is 3. The number of carbonyl (C=O) groups is 6. The van der Waals surface area contributed by atoms with E-state index in [9.17, 15) is 28.8 Å². The van der Waals surface area contributed by atoms with Crippen molar-refractivity contribution < 1.29 is 39.0 Å². The van der Waals surface area contributed by atoms with Gasteiger partial charge >= 0.3 is 11.9 Å². The molecule has 0 rings (SSSR count). The van der Waals surface area contributed by atoms with Crippen molar-refractivity contribution in [2.24, 2.45) is 17.4 Å². The van der Waals surface area contributed by atoms with Crippen molar-refractivity contribution in [3.05, 3.63) is 0 Å². The maximum atomic E-state index is 12.6. The van der Waals surface area contributed by atoms with Crippen molar-refractivity contribution in [1.29, 1.82) is 0 Å². The molecule has 0 fully saturated rings. The van der Waals surface area contributed by atoms with Gasteiger partial charge in [-0.05, 0) is 12.3 Å². The summed E-state index contributed by atoms with van der Waals surface area (Å²) in [5.41, 5.74) is 10.2. The highest BCUT2D eigenvalue weighted by Crippen LogP contribution is 2.10. The van der Waals surface area contributed by atoms with Crippen LogP contribution in [0.2, 0.25) is 0 Å². The smallest absolute Gasteiger partial charge is 0.326 e. The number of amides is 4. The lowest BCUT2D eigenvalue weighted by Crippen LogP contribution is -2.58. The molecule has 0 saturated heterocycles. The van der Waals surface area contributed by atoms with E-state index in [4.69, 9.17) is 21.7 Å². The lowest BCUT2D eigenvalue weighted by molar-refractivity contribution is -0.144. The molecule has 0 heterocycles. The summed E-state index contributed by atoms with van der Waals surface area (Å²) in [4.78, 5) is 69.8. The second-order valence-corrected chi connectivity index (χ2v) is 6.70. The number of hydrogen-bond donors (Lipinski definition) is 7.